The molecule has 1 saturated carbocycles. The van der Waals surface area contributed by atoms with Crippen molar-refractivity contribution in [3.8, 4) is 11.5 Å². The van der Waals surface area contributed by atoms with E-state index >= 15 is 0 Å². The summed E-state index contributed by atoms with van der Waals surface area (Å²) in [5.41, 5.74) is -0.543. The zero-order valence-electron chi connectivity index (χ0n) is 18.0. The van der Waals surface area contributed by atoms with Gasteiger partial charge in [0, 0.05) is 12.1 Å². The van der Waals surface area contributed by atoms with E-state index in [9.17, 15) is 30.7 Å². The molecule has 2 nitrogen and oxygen atoms in total. The first-order valence-corrected chi connectivity index (χ1v) is 10.9. The SMILES string of the molecule is CCC1CCC(CCc2ccc(C(F)(F)Oc3cc(F)c(OC(F)F)c(F)c3)c(F)c2)CC1. The number of halogens is 7. The average Bonchev–Trinajstić information content (AvgIpc) is 2.74. The Hall–Kier alpha value is -2.45. The van der Waals surface area contributed by atoms with Gasteiger partial charge in [-0.2, -0.15) is 17.6 Å². The Kier molecular flexibility index (Phi) is 8.13. The van der Waals surface area contributed by atoms with E-state index in [2.05, 4.69) is 16.4 Å². The first-order valence-electron chi connectivity index (χ1n) is 10.9. The van der Waals surface area contributed by atoms with E-state index in [4.69, 9.17) is 0 Å². The van der Waals surface area contributed by atoms with Crippen LogP contribution in [0.1, 0.15) is 56.6 Å². The quantitative estimate of drug-likeness (QED) is 0.340. The molecule has 0 bridgehead atoms. The molecule has 0 aromatic heterocycles. The number of hydrogen-bond acceptors (Lipinski definition) is 2. The summed E-state index contributed by atoms with van der Waals surface area (Å²) < 4.78 is 103. The third-order valence-corrected chi connectivity index (χ3v) is 6.16. The van der Waals surface area contributed by atoms with Crippen molar-refractivity contribution in [3.63, 3.8) is 0 Å². The summed E-state index contributed by atoms with van der Waals surface area (Å²) in [5.74, 6) is -5.69. The minimum Gasteiger partial charge on any atom is -0.429 e. The van der Waals surface area contributed by atoms with Crippen molar-refractivity contribution in [2.24, 2.45) is 11.8 Å². The number of hydrogen-bond donors (Lipinski definition) is 0. The molecule has 0 N–H and O–H groups in total. The Balaban J connectivity index is 1.66. The summed E-state index contributed by atoms with van der Waals surface area (Å²) in [6.07, 6.45) is 2.87. The second-order valence-electron chi connectivity index (χ2n) is 8.36. The minimum atomic E-state index is -4.26. The fourth-order valence-electron chi connectivity index (χ4n) is 4.25. The van der Waals surface area contributed by atoms with Crippen LogP contribution in [0.25, 0.3) is 0 Å². The molecule has 0 aliphatic heterocycles. The van der Waals surface area contributed by atoms with Crippen LogP contribution in [0.3, 0.4) is 0 Å². The monoisotopic (exact) mass is 478 g/mol. The van der Waals surface area contributed by atoms with Crippen LogP contribution < -0.4 is 9.47 Å². The van der Waals surface area contributed by atoms with Crippen LogP contribution in [0.4, 0.5) is 30.7 Å². The lowest BCUT2D eigenvalue weighted by atomic mass is 9.78. The summed E-state index contributed by atoms with van der Waals surface area (Å²) in [6, 6.07) is 3.77. The largest absolute Gasteiger partial charge is 0.429 e. The lowest BCUT2D eigenvalue weighted by molar-refractivity contribution is -0.187. The molecule has 1 fully saturated rings. The van der Waals surface area contributed by atoms with Gasteiger partial charge in [0.15, 0.2) is 17.4 Å². The van der Waals surface area contributed by atoms with Gasteiger partial charge in [0.1, 0.15) is 11.6 Å². The first kappa shape index (κ1) is 25.2. The maximum absolute atomic E-state index is 14.5. The van der Waals surface area contributed by atoms with Crippen LogP contribution in [0.2, 0.25) is 0 Å². The van der Waals surface area contributed by atoms with Crippen LogP contribution >= 0.6 is 0 Å². The smallest absolute Gasteiger partial charge is 0.429 e. The van der Waals surface area contributed by atoms with E-state index in [1.807, 2.05) is 0 Å². The molecule has 0 saturated heterocycles. The molecule has 0 amide bonds. The Morgan fingerprint density at radius 3 is 2.06 bits per heavy atom. The van der Waals surface area contributed by atoms with E-state index < -0.39 is 47.2 Å². The molecule has 0 unspecified atom stereocenters. The molecule has 2 aromatic rings. The van der Waals surface area contributed by atoms with Crippen molar-refractivity contribution in [2.45, 2.75) is 64.6 Å². The Morgan fingerprint density at radius 1 is 0.909 bits per heavy atom. The fourth-order valence-corrected chi connectivity index (χ4v) is 4.25. The van der Waals surface area contributed by atoms with Crippen LogP contribution in [-0.2, 0) is 12.5 Å². The molecular formula is C24H25F7O2. The van der Waals surface area contributed by atoms with Gasteiger partial charge < -0.3 is 9.47 Å². The van der Waals surface area contributed by atoms with Crippen molar-refractivity contribution < 1.29 is 40.2 Å². The minimum absolute atomic E-state index is 0.258. The zero-order chi connectivity index (χ0) is 24.2. The number of ether oxygens (including phenoxy) is 2. The lowest BCUT2D eigenvalue weighted by Crippen LogP contribution is -2.24. The molecule has 33 heavy (non-hydrogen) atoms. The van der Waals surface area contributed by atoms with Gasteiger partial charge in [-0.05, 0) is 42.4 Å². The van der Waals surface area contributed by atoms with Gasteiger partial charge in [-0.15, -0.1) is 0 Å². The van der Waals surface area contributed by atoms with Gasteiger partial charge in [0.2, 0.25) is 0 Å². The van der Waals surface area contributed by atoms with Gasteiger partial charge >= 0.3 is 12.7 Å². The third-order valence-electron chi connectivity index (χ3n) is 6.16. The summed E-state index contributed by atoms with van der Waals surface area (Å²) in [4.78, 5) is 0. The standard InChI is InChI=1S/C24H25F7O2/c1-2-14-3-5-15(6-4-14)7-8-16-9-10-18(19(25)11-16)24(30,31)33-17-12-20(26)22(21(27)13-17)32-23(28)29/h9-15,23H,2-8H2,1H3. The number of benzene rings is 2. The zero-order valence-corrected chi connectivity index (χ0v) is 18.0. The normalized spacial score (nSPS) is 19.1. The third kappa shape index (κ3) is 6.54. The average molecular weight is 478 g/mol. The predicted molar refractivity (Wildman–Crippen MR) is 108 cm³/mol. The van der Waals surface area contributed by atoms with Crippen molar-refractivity contribution in [1.29, 1.82) is 0 Å². The summed E-state index contributed by atoms with van der Waals surface area (Å²) >= 11 is 0. The van der Waals surface area contributed by atoms with Crippen molar-refractivity contribution >= 4 is 0 Å². The predicted octanol–water partition coefficient (Wildman–Crippen LogP) is 7.98. The number of aryl methyl sites for hydroxylation is 1. The topological polar surface area (TPSA) is 18.5 Å². The van der Waals surface area contributed by atoms with E-state index in [0.717, 1.165) is 37.3 Å². The molecule has 2 aromatic carbocycles. The lowest BCUT2D eigenvalue weighted by Gasteiger charge is -2.27. The summed E-state index contributed by atoms with van der Waals surface area (Å²) in [5, 5.41) is 0. The van der Waals surface area contributed by atoms with E-state index in [1.54, 1.807) is 0 Å². The van der Waals surface area contributed by atoms with Crippen LogP contribution in [-0.4, -0.2) is 6.61 Å². The van der Waals surface area contributed by atoms with Crippen molar-refractivity contribution in [2.75, 3.05) is 0 Å². The van der Waals surface area contributed by atoms with Gasteiger partial charge in [-0.25, -0.2) is 13.2 Å². The Bertz CT molecular complexity index is 917. The highest BCUT2D eigenvalue weighted by atomic mass is 19.3. The molecule has 0 radical (unpaired) electrons. The molecular weight excluding hydrogens is 453 g/mol. The molecule has 0 atom stereocenters. The van der Waals surface area contributed by atoms with Gasteiger partial charge in [-0.3, -0.25) is 0 Å². The van der Waals surface area contributed by atoms with E-state index in [1.165, 1.54) is 25.3 Å². The molecule has 0 heterocycles. The van der Waals surface area contributed by atoms with Gasteiger partial charge in [0.25, 0.3) is 0 Å². The van der Waals surface area contributed by atoms with E-state index in [0.29, 0.717) is 17.9 Å². The summed E-state index contributed by atoms with van der Waals surface area (Å²) in [6.45, 7) is -1.33. The summed E-state index contributed by atoms with van der Waals surface area (Å²) in [7, 11) is 0. The maximum Gasteiger partial charge on any atom is 0.429 e. The van der Waals surface area contributed by atoms with Gasteiger partial charge in [0.05, 0.1) is 5.56 Å². The maximum atomic E-state index is 14.5. The van der Waals surface area contributed by atoms with Crippen LogP contribution in [0.5, 0.6) is 11.5 Å². The number of alkyl halides is 4. The van der Waals surface area contributed by atoms with E-state index in [-0.39, 0.29) is 12.1 Å². The Morgan fingerprint density at radius 2 is 1.52 bits per heavy atom. The van der Waals surface area contributed by atoms with Gasteiger partial charge in [-0.1, -0.05) is 45.1 Å². The first-order chi connectivity index (χ1) is 15.6. The van der Waals surface area contributed by atoms with Crippen LogP contribution in [0.15, 0.2) is 30.3 Å². The molecule has 0 spiro atoms. The second kappa shape index (κ2) is 10.7. The van der Waals surface area contributed by atoms with Crippen LogP contribution in [0, 0.1) is 29.3 Å². The number of rotatable bonds is 9. The molecule has 3 rings (SSSR count). The fraction of sp³-hybridized carbons (Fsp3) is 0.500. The highest BCUT2D eigenvalue weighted by molar-refractivity contribution is 5.36. The molecule has 1 aliphatic rings. The highest BCUT2D eigenvalue weighted by Gasteiger charge is 2.38. The molecule has 182 valence electrons. The molecule has 9 heteroatoms. The van der Waals surface area contributed by atoms with Crippen molar-refractivity contribution in [3.05, 3.63) is 58.9 Å². The Labute approximate surface area is 187 Å². The van der Waals surface area contributed by atoms with Crippen molar-refractivity contribution in [1.82, 2.24) is 0 Å². The second-order valence-corrected chi connectivity index (χ2v) is 8.36. The molecule has 1 aliphatic carbocycles. The highest BCUT2D eigenvalue weighted by Crippen LogP contribution is 2.37.